The maximum atomic E-state index is 10.6. The number of hydrogen-bond acceptors (Lipinski definition) is 3. The summed E-state index contributed by atoms with van der Waals surface area (Å²) in [6.45, 7) is 0.342. The van der Waals surface area contributed by atoms with Crippen LogP contribution in [0.1, 0.15) is 23.1 Å². The van der Waals surface area contributed by atoms with Gasteiger partial charge in [-0.3, -0.25) is 0 Å². The van der Waals surface area contributed by atoms with Crippen LogP contribution < -0.4 is 5.73 Å². The fourth-order valence-electron chi connectivity index (χ4n) is 2.24. The van der Waals surface area contributed by atoms with Crippen LogP contribution in [0.5, 0.6) is 0 Å². The highest BCUT2D eigenvalue weighted by molar-refractivity contribution is 7.98. The zero-order valence-corrected chi connectivity index (χ0v) is 12.9. The summed E-state index contributed by atoms with van der Waals surface area (Å²) in [5.41, 5.74) is 7.59. The van der Waals surface area contributed by atoms with Gasteiger partial charge in [-0.2, -0.15) is 0 Å². The molecule has 0 fully saturated rings. The van der Waals surface area contributed by atoms with Crippen molar-refractivity contribution in [3.05, 3.63) is 64.7 Å². The topological polar surface area (TPSA) is 46.2 Å². The number of thioether (sulfide) groups is 1. The Labute approximate surface area is 129 Å². The summed E-state index contributed by atoms with van der Waals surface area (Å²) in [6, 6.07) is 15.4. The van der Waals surface area contributed by atoms with Crippen molar-refractivity contribution in [1.82, 2.24) is 0 Å². The second-order valence-corrected chi connectivity index (χ2v) is 5.87. The lowest BCUT2D eigenvalue weighted by Gasteiger charge is -2.23. The van der Waals surface area contributed by atoms with Gasteiger partial charge in [-0.05, 0) is 35.6 Å². The smallest absolute Gasteiger partial charge is 0.0871 e. The Balaban J connectivity index is 2.28. The van der Waals surface area contributed by atoms with Crippen molar-refractivity contribution < 1.29 is 5.11 Å². The van der Waals surface area contributed by atoms with Gasteiger partial charge >= 0.3 is 0 Å². The van der Waals surface area contributed by atoms with Gasteiger partial charge in [-0.1, -0.05) is 41.9 Å². The van der Waals surface area contributed by atoms with Crippen LogP contribution in [0.3, 0.4) is 0 Å². The third-order valence-corrected chi connectivity index (χ3v) is 4.48. The molecule has 0 bridgehead atoms. The second kappa shape index (κ2) is 7.14. The first-order chi connectivity index (χ1) is 9.67. The average Bonchev–Trinajstić information content (AvgIpc) is 2.50. The van der Waals surface area contributed by atoms with Gasteiger partial charge in [-0.25, -0.2) is 0 Å². The zero-order valence-electron chi connectivity index (χ0n) is 11.3. The van der Waals surface area contributed by atoms with Crippen LogP contribution in [0, 0.1) is 0 Å². The summed E-state index contributed by atoms with van der Waals surface area (Å²) in [5.74, 6) is -0.205. The standard InChI is InChI=1S/C16H18ClNOS/c1-20-12-8-6-11(7-9-12)16(19)14(10-18)13-4-2-3-5-15(13)17/h2-9,14,16,19H,10,18H2,1H3. The monoisotopic (exact) mass is 307 g/mol. The minimum absolute atomic E-state index is 0.205. The minimum Gasteiger partial charge on any atom is -0.388 e. The summed E-state index contributed by atoms with van der Waals surface area (Å²) in [4.78, 5) is 1.17. The van der Waals surface area contributed by atoms with E-state index in [1.807, 2.05) is 54.8 Å². The molecule has 0 radical (unpaired) electrons. The normalized spacial score (nSPS) is 14.0. The summed E-state index contributed by atoms with van der Waals surface area (Å²) < 4.78 is 0. The molecular weight excluding hydrogens is 290 g/mol. The summed E-state index contributed by atoms with van der Waals surface area (Å²) >= 11 is 7.88. The number of benzene rings is 2. The van der Waals surface area contributed by atoms with E-state index in [1.165, 1.54) is 4.90 Å². The number of rotatable bonds is 5. The number of nitrogens with two attached hydrogens (primary N) is 1. The lowest BCUT2D eigenvalue weighted by atomic mass is 9.89. The van der Waals surface area contributed by atoms with Crippen molar-refractivity contribution in [3.63, 3.8) is 0 Å². The summed E-state index contributed by atoms with van der Waals surface area (Å²) in [6.07, 6.45) is 1.37. The van der Waals surface area contributed by atoms with Gasteiger partial charge in [-0.15, -0.1) is 11.8 Å². The van der Waals surface area contributed by atoms with Crippen molar-refractivity contribution >= 4 is 23.4 Å². The largest absolute Gasteiger partial charge is 0.388 e. The molecule has 4 heteroatoms. The van der Waals surface area contributed by atoms with Gasteiger partial charge in [0.2, 0.25) is 0 Å². The van der Waals surface area contributed by atoms with Gasteiger partial charge in [0.05, 0.1) is 6.10 Å². The Morgan fingerprint density at radius 2 is 1.80 bits per heavy atom. The van der Waals surface area contributed by atoms with Crippen molar-refractivity contribution in [2.45, 2.75) is 16.9 Å². The number of aliphatic hydroxyl groups excluding tert-OH is 1. The van der Waals surface area contributed by atoms with E-state index in [1.54, 1.807) is 11.8 Å². The van der Waals surface area contributed by atoms with E-state index in [9.17, 15) is 5.11 Å². The van der Waals surface area contributed by atoms with Crippen LogP contribution in [0.25, 0.3) is 0 Å². The van der Waals surface area contributed by atoms with Crippen LogP contribution in [-0.2, 0) is 0 Å². The zero-order chi connectivity index (χ0) is 14.5. The highest BCUT2D eigenvalue weighted by Gasteiger charge is 2.23. The number of halogens is 1. The highest BCUT2D eigenvalue weighted by Crippen LogP contribution is 2.34. The molecule has 0 aromatic heterocycles. The first-order valence-electron chi connectivity index (χ1n) is 6.44. The third-order valence-electron chi connectivity index (χ3n) is 3.40. The first kappa shape index (κ1) is 15.4. The average molecular weight is 308 g/mol. The number of aliphatic hydroxyl groups is 1. The molecule has 2 unspecified atom stereocenters. The van der Waals surface area contributed by atoms with Gasteiger partial charge in [0, 0.05) is 22.4 Å². The molecule has 2 atom stereocenters. The van der Waals surface area contributed by atoms with Crippen molar-refractivity contribution in [2.75, 3.05) is 12.8 Å². The first-order valence-corrected chi connectivity index (χ1v) is 8.04. The Kier molecular flexibility index (Phi) is 5.49. The van der Waals surface area contributed by atoms with E-state index in [4.69, 9.17) is 17.3 Å². The molecule has 0 aliphatic heterocycles. The molecule has 20 heavy (non-hydrogen) atoms. The van der Waals surface area contributed by atoms with Gasteiger partial charge in [0.1, 0.15) is 0 Å². The van der Waals surface area contributed by atoms with Crippen LogP contribution in [-0.4, -0.2) is 17.9 Å². The van der Waals surface area contributed by atoms with Crippen LogP contribution in [0.2, 0.25) is 5.02 Å². The predicted molar refractivity (Wildman–Crippen MR) is 86.4 cm³/mol. The van der Waals surface area contributed by atoms with Gasteiger partial charge < -0.3 is 10.8 Å². The predicted octanol–water partition coefficient (Wildman–Crippen LogP) is 3.84. The molecule has 0 aliphatic rings. The molecule has 0 saturated heterocycles. The second-order valence-electron chi connectivity index (χ2n) is 4.58. The van der Waals surface area contributed by atoms with E-state index in [2.05, 4.69) is 0 Å². The molecule has 2 aromatic carbocycles. The Hall–Kier alpha value is -1.00. The maximum Gasteiger partial charge on any atom is 0.0871 e. The molecule has 0 amide bonds. The van der Waals surface area contributed by atoms with Crippen LogP contribution in [0.4, 0.5) is 0 Å². The van der Waals surface area contributed by atoms with Gasteiger partial charge in [0.25, 0.3) is 0 Å². The highest BCUT2D eigenvalue weighted by atomic mass is 35.5. The molecular formula is C16H18ClNOS. The van der Waals surface area contributed by atoms with E-state index in [-0.39, 0.29) is 5.92 Å². The Morgan fingerprint density at radius 3 is 2.35 bits per heavy atom. The molecule has 2 nitrogen and oxygen atoms in total. The molecule has 2 rings (SSSR count). The third kappa shape index (κ3) is 3.36. The van der Waals surface area contributed by atoms with Gasteiger partial charge in [0.15, 0.2) is 0 Å². The van der Waals surface area contributed by atoms with E-state index >= 15 is 0 Å². The molecule has 2 aromatic rings. The number of hydrogen-bond donors (Lipinski definition) is 2. The minimum atomic E-state index is -0.657. The van der Waals surface area contributed by atoms with Crippen molar-refractivity contribution in [1.29, 1.82) is 0 Å². The SMILES string of the molecule is CSc1ccc(C(O)C(CN)c2ccccc2Cl)cc1. The molecule has 106 valence electrons. The molecule has 3 N–H and O–H groups in total. The fraction of sp³-hybridized carbons (Fsp3) is 0.250. The van der Waals surface area contributed by atoms with Crippen molar-refractivity contribution in [2.24, 2.45) is 5.73 Å². The van der Waals surface area contributed by atoms with Crippen molar-refractivity contribution in [3.8, 4) is 0 Å². The lowest BCUT2D eigenvalue weighted by molar-refractivity contribution is 0.147. The van der Waals surface area contributed by atoms with E-state index < -0.39 is 6.10 Å². The quantitative estimate of drug-likeness (QED) is 0.825. The molecule has 0 spiro atoms. The summed E-state index contributed by atoms with van der Waals surface area (Å²) in [7, 11) is 0. The Bertz CT molecular complexity index is 559. The molecule has 0 saturated carbocycles. The van der Waals surface area contributed by atoms with Crippen LogP contribution >= 0.6 is 23.4 Å². The molecule has 0 aliphatic carbocycles. The lowest BCUT2D eigenvalue weighted by Crippen LogP contribution is -2.20. The van der Waals surface area contributed by atoms with E-state index in [0.717, 1.165) is 11.1 Å². The summed E-state index contributed by atoms with van der Waals surface area (Å²) in [5, 5.41) is 11.2. The Morgan fingerprint density at radius 1 is 1.15 bits per heavy atom. The maximum absolute atomic E-state index is 10.6. The fourth-order valence-corrected chi connectivity index (χ4v) is 2.92. The molecule has 0 heterocycles. The van der Waals surface area contributed by atoms with E-state index in [0.29, 0.717) is 11.6 Å². The van der Waals surface area contributed by atoms with Crippen LogP contribution in [0.15, 0.2) is 53.4 Å².